The molecule has 0 spiro atoms. The number of pyridine rings is 1. The molecule has 106 valence electrons. The summed E-state index contributed by atoms with van der Waals surface area (Å²) in [5.74, 6) is 1.70. The molecule has 0 bridgehead atoms. The fourth-order valence-corrected chi connectivity index (χ4v) is 3.14. The fourth-order valence-electron chi connectivity index (χ4n) is 2.71. The summed E-state index contributed by atoms with van der Waals surface area (Å²) in [4.78, 5) is 8.92. The van der Waals surface area contributed by atoms with E-state index in [0.717, 1.165) is 24.0 Å². The molecule has 0 aliphatic carbocycles. The summed E-state index contributed by atoms with van der Waals surface area (Å²) >= 11 is 3.47. The van der Waals surface area contributed by atoms with E-state index in [1.54, 1.807) is 6.20 Å². The molecule has 1 aliphatic rings. The van der Waals surface area contributed by atoms with Crippen LogP contribution in [0.5, 0.6) is 0 Å². The van der Waals surface area contributed by atoms with Crippen LogP contribution in [0.2, 0.25) is 0 Å². The Hall–Kier alpha value is -1.27. The summed E-state index contributed by atoms with van der Waals surface area (Å²) in [5, 5.41) is 7.51. The second kappa shape index (κ2) is 5.26. The standard InChI is InChI=1S/C14H17BrN4O/c1-9(2)14(5-7-16-8-14)13-18-12(19-20-13)11-10(15)4-3-6-17-11/h3-4,6,9,16H,5,7-8H2,1-2H3. The molecule has 20 heavy (non-hydrogen) atoms. The quantitative estimate of drug-likeness (QED) is 0.933. The number of nitrogens with zero attached hydrogens (tertiary/aromatic N) is 3. The van der Waals surface area contributed by atoms with E-state index in [4.69, 9.17) is 4.52 Å². The van der Waals surface area contributed by atoms with Crippen LogP contribution in [-0.4, -0.2) is 28.2 Å². The molecule has 1 fully saturated rings. The van der Waals surface area contributed by atoms with Crippen LogP contribution in [-0.2, 0) is 5.41 Å². The molecule has 0 aromatic carbocycles. The lowest BCUT2D eigenvalue weighted by Gasteiger charge is -2.27. The number of nitrogens with one attached hydrogen (secondary N) is 1. The second-order valence-electron chi connectivity index (χ2n) is 5.49. The molecule has 1 unspecified atom stereocenters. The molecular weight excluding hydrogens is 320 g/mol. The summed E-state index contributed by atoms with van der Waals surface area (Å²) in [6.45, 7) is 6.28. The van der Waals surface area contributed by atoms with Crippen LogP contribution >= 0.6 is 15.9 Å². The Labute approximate surface area is 126 Å². The van der Waals surface area contributed by atoms with Crippen LogP contribution in [0.25, 0.3) is 11.5 Å². The normalized spacial score (nSPS) is 22.6. The van der Waals surface area contributed by atoms with Crippen LogP contribution in [0.3, 0.4) is 0 Å². The van der Waals surface area contributed by atoms with E-state index in [-0.39, 0.29) is 5.41 Å². The van der Waals surface area contributed by atoms with Crippen molar-refractivity contribution in [3.8, 4) is 11.5 Å². The average Bonchev–Trinajstić information content (AvgIpc) is 3.09. The minimum absolute atomic E-state index is 0.0630. The number of halogens is 1. The van der Waals surface area contributed by atoms with Gasteiger partial charge in [0.15, 0.2) is 0 Å². The summed E-state index contributed by atoms with van der Waals surface area (Å²) in [6.07, 6.45) is 2.75. The number of aromatic nitrogens is 3. The van der Waals surface area contributed by atoms with Crippen molar-refractivity contribution in [2.24, 2.45) is 5.92 Å². The molecule has 1 atom stereocenters. The summed E-state index contributed by atoms with van der Waals surface area (Å²) < 4.78 is 6.43. The van der Waals surface area contributed by atoms with Crippen molar-refractivity contribution in [1.29, 1.82) is 0 Å². The second-order valence-corrected chi connectivity index (χ2v) is 6.35. The highest BCUT2D eigenvalue weighted by atomic mass is 79.9. The Balaban J connectivity index is 2.00. The van der Waals surface area contributed by atoms with Gasteiger partial charge in [0.25, 0.3) is 0 Å². The molecule has 1 saturated heterocycles. The molecule has 3 heterocycles. The van der Waals surface area contributed by atoms with Gasteiger partial charge >= 0.3 is 0 Å². The van der Waals surface area contributed by atoms with Crippen molar-refractivity contribution in [2.75, 3.05) is 13.1 Å². The first kappa shape index (κ1) is 13.7. The lowest BCUT2D eigenvalue weighted by atomic mass is 9.76. The monoisotopic (exact) mass is 336 g/mol. The van der Waals surface area contributed by atoms with Crippen molar-refractivity contribution < 1.29 is 4.52 Å². The highest BCUT2D eigenvalue weighted by molar-refractivity contribution is 9.10. The van der Waals surface area contributed by atoms with Gasteiger partial charge in [0.05, 0.1) is 5.41 Å². The van der Waals surface area contributed by atoms with Crippen LogP contribution in [0.15, 0.2) is 27.3 Å². The number of hydrogen-bond acceptors (Lipinski definition) is 5. The van der Waals surface area contributed by atoms with E-state index < -0.39 is 0 Å². The van der Waals surface area contributed by atoms with Crippen molar-refractivity contribution in [1.82, 2.24) is 20.4 Å². The van der Waals surface area contributed by atoms with Gasteiger partial charge < -0.3 is 9.84 Å². The van der Waals surface area contributed by atoms with Gasteiger partial charge in [-0.3, -0.25) is 4.98 Å². The highest BCUT2D eigenvalue weighted by Crippen LogP contribution is 2.37. The zero-order valence-electron chi connectivity index (χ0n) is 11.6. The van der Waals surface area contributed by atoms with E-state index in [2.05, 4.69) is 50.2 Å². The Kier molecular flexibility index (Phi) is 3.60. The fraction of sp³-hybridized carbons (Fsp3) is 0.500. The van der Waals surface area contributed by atoms with Crippen LogP contribution in [0, 0.1) is 5.92 Å². The van der Waals surface area contributed by atoms with Gasteiger partial charge in [-0.15, -0.1) is 0 Å². The molecule has 2 aromatic rings. The maximum Gasteiger partial charge on any atom is 0.234 e. The SMILES string of the molecule is CC(C)C1(c2nc(-c3ncccc3Br)no2)CCNC1. The van der Waals surface area contributed by atoms with Gasteiger partial charge in [-0.05, 0) is 46.9 Å². The zero-order chi connectivity index (χ0) is 14.2. The molecule has 0 amide bonds. The minimum atomic E-state index is -0.0630. The zero-order valence-corrected chi connectivity index (χ0v) is 13.1. The van der Waals surface area contributed by atoms with Crippen molar-refractivity contribution in [3.63, 3.8) is 0 Å². The van der Waals surface area contributed by atoms with E-state index >= 15 is 0 Å². The van der Waals surface area contributed by atoms with Crippen molar-refractivity contribution >= 4 is 15.9 Å². The molecule has 3 rings (SSSR count). The Morgan fingerprint density at radius 2 is 2.30 bits per heavy atom. The first-order valence-electron chi connectivity index (χ1n) is 6.79. The Morgan fingerprint density at radius 3 is 2.95 bits per heavy atom. The summed E-state index contributed by atoms with van der Waals surface area (Å²) in [5.41, 5.74) is 0.652. The van der Waals surface area contributed by atoms with Gasteiger partial charge in [0.1, 0.15) is 5.69 Å². The molecule has 1 N–H and O–H groups in total. The maximum absolute atomic E-state index is 5.56. The summed E-state index contributed by atoms with van der Waals surface area (Å²) in [6, 6.07) is 3.79. The molecular formula is C14H17BrN4O. The third kappa shape index (κ3) is 2.16. The molecule has 0 saturated carbocycles. The third-order valence-electron chi connectivity index (χ3n) is 4.12. The van der Waals surface area contributed by atoms with Crippen LogP contribution in [0.4, 0.5) is 0 Å². The third-order valence-corrected chi connectivity index (χ3v) is 4.76. The van der Waals surface area contributed by atoms with Gasteiger partial charge in [-0.1, -0.05) is 19.0 Å². The molecule has 6 heteroatoms. The average molecular weight is 337 g/mol. The van der Waals surface area contributed by atoms with Crippen molar-refractivity contribution in [3.05, 3.63) is 28.7 Å². The van der Waals surface area contributed by atoms with Crippen LogP contribution in [0.1, 0.15) is 26.2 Å². The van der Waals surface area contributed by atoms with Gasteiger partial charge in [0, 0.05) is 17.2 Å². The number of rotatable bonds is 3. The molecule has 2 aromatic heterocycles. The van der Waals surface area contributed by atoms with E-state index in [0.29, 0.717) is 23.3 Å². The molecule has 5 nitrogen and oxygen atoms in total. The Bertz CT molecular complexity index is 605. The predicted molar refractivity (Wildman–Crippen MR) is 79.2 cm³/mol. The largest absolute Gasteiger partial charge is 0.338 e. The highest BCUT2D eigenvalue weighted by Gasteiger charge is 2.43. The van der Waals surface area contributed by atoms with E-state index in [1.807, 2.05) is 12.1 Å². The Morgan fingerprint density at radius 1 is 1.45 bits per heavy atom. The minimum Gasteiger partial charge on any atom is -0.338 e. The van der Waals surface area contributed by atoms with Gasteiger partial charge in [0.2, 0.25) is 11.7 Å². The van der Waals surface area contributed by atoms with E-state index in [9.17, 15) is 0 Å². The maximum atomic E-state index is 5.56. The first-order chi connectivity index (χ1) is 9.63. The van der Waals surface area contributed by atoms with Crippen molar-refractivity contribution in [2.45, 2.75) is 25.7 Å². The first-order valence-corrected chi connectivity index (χ1v) is 7.58. The number of hydrogen-bond donors (Lipinski definition) is 1. The van der Waals surface area contributed by atoms with Gasteiger partial charge in [-0.2, -0.15) is 4.98 Å². The molecule has 1 aliphatic heterocycles. The smallest absolute Gasteiger partial charge is 0.234 e. The predicted octanol–water partition coefficient (Wildman–Crippen LogP) is 2.78. The van der Waals surface area contributed by atoms with Gasteiger partial charge in [-0.25, -0.2) is 0 Å². The van der Waals surface area contributed by atoms with E-state index in [1.165, 1.54) is 0 Å². The lowest BCUT2D eigenvalue weighted by Crippen LogP contribution is -2.35. The van der Waals surface area contributed by atoms with Crippen LogP contribution < -0.4 is 5.32 Å². The summed E-state index contributed by atoms with van der Waals surface area (Å²) in [7, 11) is 0. The molecule has 0 radical (unpaired) electrons. The topological polar surface area (TPSA) is 63.8 Å². The lowest BCUT2D eigenvalue weighted by molar-refractivity contribution is 0.234.